The largest absolute Gasteiger partial charge is 0.458 e. The highest BCUT2D eigenvalue weighted by atomic mass is 16.6. The Hall–Kier alpha value is -3.64. The molecule has 3 heterocycles. The fourth-order valence-corrected chi connectivity index (χ4v) is 4.40. The molecule has 0 spiro atoms. The summed E-state index contributed by atoms with van der Waals surface area (Å²) in [6.45, 7) is 3.08. The van der Waals surface area contributed by atoms with E-state index in [1.807, 2.05) is 4.98 Å². The number of aliphatic hydroxyl groups excluding tert-OH is 2. The molecule has 222 valence electrons. The summed E-state index contributed by atoms with van der Waals surface area (Å²) >= 11 is 0. The first-order valence-corrected chi connectivity index (χ1v) is 12.5. The maximum absolute atomic E-state index is 13.0. The van der Waals surface area contributed by atoms with E-state index in [0.29, 0.717) is 0 Å². The molecule has 1 aromatic rings. The number of amides is 1. The molecule has 1 fully saturated rings. The first kappa shape index (κ1) is 30.9. The van der Waals surface area contributed by atoms with E-state index < -0.39 is 90.5 Å². The van der Waals surface area contributed by atoms with E-state index in [9.17, 15) is 39.0 Å². The SMILES string of the molecule is CC(=O)O[C@@H]1[C@H](OC(C)=O)[C@@H]2O[C@H]1n1c(cc(=O)[nH]c1=O)COC(=O)C(NCCCNC(=O)[C@@H](N)C(C)O)C2O. The van der Waals surface area contributed by atoms with Gasteiger partial charge in [0.1, 0.15) is 30.9 Å². The van der Waals surface area contributed by atoms with E-state index in [0.717, 1.165) is 24.5 Å². The third kappa shape index (κ3) is 7.11. The van der Waals surface area contributed by atoms with Gasteiger partial charge in [-0.25, -0.2) is 4.79 Å². The van der Waals surface area contributed by atoms with Crippen LogP contribution in [0, 0.1) is 0 Å². The number of hydrogen-bond donors (Lipinski definition) is 6. The Morgan fingerprint density at radius 2 is 1.82 bits per heavy atom. The summed E-state index contributed by atoms with van der Waals surface area (Å²) in [6, 6.07) is -1.62. The number of aromatic nitrogens is 2. The number of nitrogens with zero attached hydrogens (tertiary/aromatic N) is 1. The minimum Gasteiger partial charge on any atom is -0.458 e. The van der Waals surface area contributed by atoms with Crippen LogP contribution in [0.3, 0.4) is 0 Å². The molecule has 40 heavy (non-hydrogen) atoms. The fraction of sp³-hybridized carbons (Fsp3) is 0.652. The lowest BCUT2D eigenvalue weighted by Crippen LogP contribution is -2.56. The number of esters is 3. The number of carbonyl (C=O) groups excluding carboxylic acids is 4. The molecule has 0 aromatic carbocycles. The van der Waals surface area contributed by atoms with Crippen LogP contribution in [0.1, 0.15) is 39.1 Å². The van der Waals surface area contributed by atoms with Crippen molar-refractivity contribution in [3.8, 4) is 0 Å². The Kier molecular flexibility index (Phi) is 10.2. The van der Waals surface area contributed by atoms with Crippen molar-refractivity contribution in [2.75, 3.05) is 13.1 Å². The van der Waals surface area contributed by atoms with Gasteiger partial charge in [-0.15, -0.1) is 0 Å². The monoisotopic (exact) mass is 571 g/mol. The molecule has 7 N–H and O–H groups in total. The molecule has 1 amide bonds. The number of ether oxygens (including phenoxy) is 4. The van der Waals surface area contributed by atoms with Crippen LogP contribution in [0.2, 0.25) is 0 Å². The highest BCUT2D eigenvalue weighted by molar-refractivity contribution is 5.82. The second kappa shape index (κ2) is 13.1. The van der Waals surface area contributed by atoms with E-state index in [-0.39, 0.29) is 25.2 Å². The minimum absolute atomic E-state index is 0.0541. The lowest BCUT2D eigenvalue weighted by atomic mass is 9.99. The van der Waals surface area contributed by atoms with Crippen molar-refractivity contribution >= 4 is 23.8 Å². The van der Waals surface area contributed by atoms with E-state index >= 15 is 0 Å². The van der Waals surface area contributed by atoms with Crippen LogP contribution in [-0.2, 0) is 44.7 Å². The predicted molar refractivity (Wildman–Crippen MR) is 131 cm³/mol. The molecule has 1 saturated heterocycles. The van der Waals surface area contributed by atoms with Crippen molar-refractivity contribution in [1.29, 1.82) is 0 Å². The number of carbonyl (C=O) groups is 4. The van der Waals surface area contributed by atoms with Crippen molar-refractivity contribution in [1.82, 2.24) is 20.2 Å². The van der Waals surface area contributed by atoms with Gasteiger partial charge < -0.3 is 45.5 Å². The number of aliphatic hydroxyl groups is 2. The van der Waals surface area contributed by atoms with Gasteiger partial charge >= 0.3 is 23.6 Å². The van der Waals surface area contributed by atoms with Crippen molar-refractivity contribution in [3.05, 3.63) is 32.6 Å². The normalized spacial score (nSPS) is 27.5. The molecule has 0 radical (unpaired) electrons. The fourth-order valence-electron chi connectivity index (χ4n) is 4.40. The minimum atomic E-state index is -1.75. The zero-order chi connectivity index (χ0) is 29.7. The average molecular weight is 572 g/mol. The van der Waals surface area contributed by atoms with Crippen LogP contribution in [-0.4, -0.2) is 99.3 Å². The smallest absolute Gasteiger partial charge is 0.330 e. The number of cyclic esters (lactones) is 1. The molecule has 2 aliphatic heterocycles. The predicted octanol–water partition coefficient (Wildman–Crippen LogP) is -4.11. The zero-order valence-electron chi connectivity index (χ0n) is 22.0. The Morgan fingerprint density at radius 1 is 1.18 bits per heavy atom. The summed E-state index contributed by atoms with van der Waals surface area (Å²) in [5.41, 5.74) is 3.67. The molecular weight excluding hydrogens is 538 g/mol. The molecule has 2 aliphatic rings. The molecular formula is C23H33N5O12. The highest BCUT2D eigenvalue weighted by Gasteiger charge is 2.56. The molecule has 17 nitrogen and oxygen atoms in total. The molecule has 3 rings (SSSR count). The van der Waals surface area contributed by atoms with Gasteiger partial charge in [-0.1, -0.05) is 0 Å². The molecule has 0 aliphatic carbocycles. The maximum atomic E-state index is 13.0. The third-order valence-corrected chi connectivity index (χ3v) is 6.27. The van der Waals surface area contributed by atoms with Gasteiger partial charge in [0, 0.05) is 26.5 Å². The van der Waals surface area contributed by atoms with Gasteiger partial charge in [-0.2, -0.15) is 0 Å². The lowest BCUT2D eigenvalue weighted by Gasteiger charge is -2.30. The molecule has 8 atom stereocenters. The van der Waals surface area contributed by atoms with Gasteiger partial charge in [0.25, 0.3) is 5.56 Å². The molecule has 2 bridgehead atoms. The van der Waals surface area contributed by atoms with Crippen LogP contribution in [0.15, 0.2) is 15.7 Å². The van der Waals surface area contributed by atoms with Gasteiger partial charge in [0.15, 0.2) is 18.4 Å². The van der Waals surface area contributed by atoms with Gasteiger partial charge in [-0.05, 0) is 19.9 Å². The van der Waals surface area contributed by atoms with Crippen molar-refractivity contribution in [2.45, 2.75) is 82.6 Å². The second-order valence-corrected chi connectivity index (χ2v) is 9.38. The number of nitrogens with one attached hydrogen (secondary N) is 3. The first-order valence-electron chi connectivity index (χ1n) is 12.5. The summed E-state index contributed by atoms with van der Waals surface area (Å²) in [5.74, 6) is -3.22. The topological polar surface area (TPSA) is 251 Å². The summed E-state index contributed by atoms with van der Waals surface area (Å²) in [7, 11) is 0. The van der Waals surface area contributed by atoms with Gasteiger partial charge in [-0.3, -0.25) is 33.5 Å². The van der Waals surface area contributed by atoms with Crippen LogP contribution in [0.4, 0.5) is 0 Å². The number of aromatic amines is 1. The van der Waals surface area contributed by atoms with Crippen molar-refractivity contribution in [2.24, 2.45) is 5.73 Å². The summed E-state index contributed by atoms with van der Waals surface area (Å²) in [5, 5.41) is 26.0. The van der Waals surface area contributed by atoms with E-state index in [2.05, 4.69) is 10.6 Å². The second-order valence-electron chi connectivity index (χ2n) is 9.38. The van der Waals surface area contributed by atoms with Crippen LogP contribution in [0.25, 0.3) is 0 Å². The van der Waals surface area contributed by atoms with Crippen molar-refractivity contribution < 1.29 is 48.3 Å². The van der Waals surface area contributed by atoms with E-state index in [1.165, 1.54) is 6.92 Å². The van der Waals surface area contributed by atoms with Crippen molar-refractivity contribution in [3.63, 3.8) is 0 Å². The number of H-pyrrole nitrogens is 1. The Balaban J connectivity index is 1.90. The number of fused-ring (bicyclic) bond motifs is 4. The maximum Gasteiger partial charge on any atom is 0.330 e. The highest BCUT2D eigenvalue weighted by Crippen LogP contribution is 2.37. The summed E-state index contributed by atoms with van der Waals surface area (Å²) in [6.07, 6.45) is -8.46. The van der Waals surface area contributed by atoms with Crippen LogP contribution in [0.5, 0.6) is 0 Å². The van der Waals surface area contributed by atoms with E-state index in [4.69, 9.17) is 24.7 Å². The first-order chi connectivity index (χ1) is 18.8. The third-order valence-electron chi connectivity index (χ3n) is 6.27. The number of hydrogen-bond acceptors (Lipinski definition) is 14. The molecule has 0 saturated carbocycles. The summed E-state index contributed by atoms with van der Waals surface area (Å²) in [4.78, 5) is 75.6. The van der Waals surface area contributed by atoms with Crippen LogP contribution < -0.4 is 27.6 Å². The zero-order valence-corrected chi connectivity index (χ0v) is 22.0. The molecule has 1 aromatic heterocycles. The average Bonchev–Trinajstić information content (AvgIpc) is 3.18. The standard InChI is InChI=1S/C23H33N5O12/c1-9(29)14(24)20(34)26-6-4-5-25-15-16(33)17-18(38-10(2)30)19(39-11(3)31)21(40-17)28-12(8-37-22(15)35)7-13(32)27-23(28)36/h7,9,14-19,21,25,29,33H,4-6,8,24H2,1-3H3,(H,26,34)(H,27,32,36)/t9?,14-,15?,16?,17+,18+,19+,21+/m0/s1. The molecule has 17 heteroatoms. The molecule has 3 unspecified atom stereocenters. The lowest BCUT2D eigenvalue weighted by molar-refractivity contribution is -0.168. The quantitative estimate of drug-likeness (QED) is 0.0936. The van der Waals surface area contributed by atoms with Gasteiger partial charge in [0.05, 0.1) is 11.8 Å². The Labute approximate surface area is 226 Å². The van der Waals surface area contributed by atoms with Crippen LogP contribution >= 0.6 is 0 Å². The number of nitrogens with two attached hydrogens (primary N) is 1. The summed E-state index contributed by atoms with van der Waals surface area (Å²) < 4.78 is 22.7. The Bertz CT molecular complexity index is 1230. The van der Waals surface area contributed by atoms with Gasteiger partial charge in [0.2, 0.25) is 5.91 Å². The van der Waals surface area contributed by atoms with E-state index in [1.54, 1.807) is 0 Å². The Morgan fingerprint density at radius 3 is 2.45 bits per heavy atom. The number of rotatable bonds is 9.